The Labute approximate surface area is 114 Å². The molecule has 0 aliphatic carbocycles. The molecule has 0 bridgehead atoms. The van der Waals surface area contributed by atoms with E-state index in [0.717, 1.165) is 19.5 Å². The van der Waals surface area contributed by atoms with Crippen LogP contribution in [0.1, 0.15) is 20.3 Å². The first kappa shape index (κ1) is 16.4. The van der Waals surface area contributed by atoms with Crippen molar-refractivity contribution in [2.24, 2.45) is 0 Å². The van der Waals surface area contributed by atoms with E-state index in [-0.39, 0.29) is 18.3 Å². The second-order valence-corrected chi connectivity index (χ2v) is 4.28. The van der Waals surface area contributed by atoms with Crippen LogP contribution in [-0.4, -0.2) is 69.8 Å². The topological polar surface area (TPSA) is 57.2 Å². The van der Waals surface area contributed by atoms with E-state index in [9.17, 15) is 4.79 Å². The summed E-state index contributed by atoms with van der Waals surface area (Å²) in [6.45, 7) is 7.61. The third-order valence-electron chi connectivity index (χ3n) is 3.07. The Morgan fingerprint density at radius 1 is 1.37 bits per heavy atom. The molecule has 0 spiro atoms. The Bertz CT molecular complexity index is 255. The number of morpholine rings is 1. The highest BCUT2D eigenvalue weighted by molar-refractivity contribution is 5.75. The van der Waals surface area contributed by atoms with E-state index < -0.39 is 0 Å². The SMILES string of the molecule is CCOC(CCN1CCOCC1C(=O)OC)OCC. The molecule has 1 rings (SSSR count). The fraction of sp³-hybridized carbons (Fsp3) is 0.923. The van der Waals surface area contributed by atoms with Crippen LogP contribution in [0.5, 0.6) is 0 Å². The summed E-state index contributed by atoms with van der Waals surface area (Å²) in [4.78, 5) is 13.7. The lowest BCUT2D eigenvalue weighted by molar-refractivity contribution is -0.159. The molecule has 0 radical (unpaired) electrons. The molecule has 0 saturated carbocycles. The Hall–Kier alpha value is -0.690. The van der Waals surface area contributed by atoms with Crippen molar-refractivity contribution in [3.63, 3.8) is 0 Å². The Morgan fingerprint density at radius 3 is 2.63 bits per heavy atom. The number of esters is 1. The maximum Gasteiger partial charge on any atom is 0.325 e. The molecule has 0 aromatic heterocycles. The normalized spacial score (nSPS) is 20.7. The lowest BCUT2D eigenvalue weighted by Gasteiger charge is -2.34. The number of ether oxygens (including phenoxy) is 4. The quantitative estimate of drug-likeness (QED) is 0.479. The van der Waals surface area contributed by atoms with Crippen LogP contribution >= 0.6 is 0 Å². The standard InChI is InChI=1S/C13H25NO5/c1-4-18-12(19-5-2)6-7-14-8-9-17-10-11(14)13(15)16-3/h11-12H,4-10H2,1-3H3. The number of carbonyl (C=O) groups is 1. The molecule has 1 aliphatic heterocycles. The molecule has 112 valence electrons. The highest BCUT2D eigenvalue weighted by atomic mass is 16.7. The number of hydrogen-bond donors (Lipinski definition) is 0. The zero-order valence-electron chi connectivity index (χ0n) is 12.1. The van der Waals surface area contributed by atoms with Crippen LogP contribution in [-0.2, 0) is 23.7 Å². The van der Waals surface area contributed by atoms with Crippen LogP contribution in [0.3, 0.4) is 0 Å². The molecule has 1 unspecified atom stereocenters. The first-order valence-corrected chi connectivity index (χ1v) is 6.85. The third kappa shape index (κ3) is 5.44. The molecule has 6 nitrogen and oxygen atoms in total. The maximum atomic E-state index is 11.7. The van der Waals surface area contributed by atoms with Gasteiger partial charge in [0.1, 0.15) is 6.04 Å². The van der Waals surface area contributed by atoms with Crippen molar-refractivity contribution >= 4 is 5.97 Å². The number of nitrogens with zero attached hydrogens (tertiary/aromatic N) is 1. The molecule has 6 heteroatoms. The van der Waals surface area contributed by atoms with Gasteiger partial charge in [0, 0.05) is 32.7 Å². The van der Waals surface area contributed by atoms with E-state index >= 15 is 0 Å². The fourth-order valence-corrected chi connectivity index (χ4v) is 2.12. The van der Waals surface area contributed by atoms with Crippen LogP contribution < -0.4 is 0 Å². The van der Waals surface area contributed by atoms with E-state index in [1.165, 1.54) is 7.11 Å². The second kappa shape index (κ2) is 9.25. The molecule has 1 saturated heterocycles. The van der Waals surface area contributed by atoms with Crippen molar-refractivity contribution in [3.8, 4) is 0 Å². The molecular weight excluding hydrogens is 250 g/mol. The number of rotatable bonds is 8. The highest BCUT2D eigenvalue weighted by Gasteiger charge is 2.30. The second-order valence-electron chi connectivity index (χ2n) is 4.28. The van der Waals surface area contributed by atoms with Crippen molar-refractivity contribution in [1.82, 2.24) is 4.90 Å². The van der Waals surface area contributed by atoms with Gasteiger partial charge in [-0.25, -0.2) is 0 Å². The van der Waals surface area contributed by atoms with Gasteiger partial charge in [0.25, 0.3) is 0 Å². The summed E-state index contributed by atoms with van der Waals surface area (Å²) in [7, 11) is 1.40. The minimum absolute atomic E-state index is 0.212. The fourth-order valence-electron chi connectivity index (χ4n) is 2.12. The molecule has 1 atom stereocenters. The van der Waals surface area contributed by atoms with Gasteiger partial charge in [0.2, 0.25) is 0 Å². The zero-order chi connectivity index (χ0) is 14.1. The highest BCUT2D eigenvalue weighted by Crippen LogP contribution is 2.11. The molecule has 1 heterocycles. The number of carbonyl (C=O) groups excluding carboxylic acids is 1. The first-order chi connectivity index (χ1) is 9.22. The smallest absolute Gasteiger partial charge is 0.325 e. The Morgan fingerprint density at radius 2 is 2.05 bits per heavy atom. The predicted molar refractivity (Wildman–Crippen MR) is 69.9 cm³/mol. The predicted octanol–water partition coefficient (Wildman–Crippen LogP) is 0.649. The Kier molecular flexibility index (Phi) is 7.97. The van der Waals surface area contributed by atoms with Gasteiger partial charge in [-0.3, -0.25) is 9.69 Å². The summed E-state index contributed by atoms with van der Waals surface area (Å²) < 4.78 is 21.1. The molecule has 0 N–H and O–H groups in total. The molecular formula is C13H25NO5. The number of hydrogen-bond acceptors (Lipinski definition) is 6. The van der Waals surface area contributed by atoms with Gasteiger partial charge in [0.15, 0.2) is 6.29 Å². The Balaban J connectivity index is 2.45. The molecule has 19 heavy (non-hydrogen) atoms. The minimum atomic E-state index is -0.317. The number of methoxy groups -OCH3 is 1. The molecule has 0 amide bonds. The van der Waals surface area contributed by atoms with Gasteiger partial charge in [-0.15, -0.1) is 0 Å². The van der Waals surface area contributed by atoms with Crippen molar-refractivity contribution in [3.05, 3.63) is 0 Å². The summed E-state index contributed by atoms with van der Waals surface area (Å²) in [5, 5.41) is 0. The minimum Gasteiger partial charge on any atom is -0.468 e. The van der Waals surface area contributed by atoms with Gasteiger partial charge in [-0.05, 0) is 13.8 Å². The molecule has 1 aliphatic rings. The lowest BCUT2D eigenvalue weighted by atomic mass is 10.2. The van der Waals surface area contributed by atoms with E-state index in [1.807, 2.05) is 13.8 Å². The van der Waals surface area contributed by atoms with Gasteiger partial charge in [0.05, 0.1) is 20.3 Å². The maximum absolute atomic E-state index is 11.7. The third-order valence-corrected chi connectivity index (χ3v) is 3.07. The largest absolute Gasteiger partial charge is 0.468 e. The van der Waals surface area contributed by atoms with E-state index in [0.29, 0.717) is 26.4 Å². The van der Waals surface area contributed by atoms with Crippen LogP contribution in [0.2, 0.25) is 0 Å². The molecule has 1 fully saturated rings. The first-order valence-electron chi connectivity index (χ1n) is 6.85. The lowest BCUT2D eigenvalue weighted by Crippen LogP contribution is -2.51. The van der Waals surface area contributed by atoms with Crippen LogP contribution in [0.15, 0.2) is 0 Å². The summed E-state index contributed by atoms with van der Waals surface area (Å²) in [5.74, 6) is -0.246. The monoisotopic (exact) mass is 275 g/mol. The average molecular weight is 275 g/mol. The molecule has 0 aromatic carbocycles. The van der Waals surface area contributed by atoms with Crippen LogP contribution in [0, 0.1) is 0 Å². The van der Waals surface area contributed by atoms with Crippen molar-refractivity contribution in [2.75, 3.05) is 46.6 Å². The summed E-state index contributed by atoms with van der Waals surface area (Å²) in [6.07, 6.45) is 0.519. The van der Waals surface area contributed by atoms with Crippen molar-refractivity contribution in [1.29, 1.82) is 0 Å². The summed E-state index contributed by atoms with van der Waals surface area (Å²) in [5.41, 5.74) is 0. The van der Waals surface area contributed by atoms with Crippen LogP contribution in [0.25, 0.3) is 0 Å². The van der Waals surface area contributed by atoms with Crippen molar-refractivity contribution in [2.45, 2.75) is 32.6 Å². The summed E-state index contributed by atoms with van der Waals surface area (Å²) in [6, 6.07) is -0.317. The van der Waals surface area contributed by atoms with Gasteiger partial charge >= 0.3 is 5.97 Å². The van der Waals surface area contributed by atoms with Crippen LogP contribution in [0.4, 0.5) is 0 Å². The van der Waals surface area contributed by atoms with Crippen molar-refractivity contribution < 1.29 is 23.7 Å². The average Bonchev–Trinajstić information content (AvgIpc) is 2.44. The van der Waals surface area contributed by atoms with Gasteiger partial charge < -0.3 is 18.9 Å². The van der Waals surface area contributed by atoms with E-state index in [4.69, 9.17) is 18.9 Å². The van der Waals surface area contributed by atoms with E-state index in [1.54, 1.807) is 0 Å². The summed E-state index contributed by atoms with van der Waals surface area (Å²) >= 11 is 0. The zero-order valence-corrected chi connectivity index (χ0v) is 12.1. The molecule has 0 aromatic rings. The van der Waals surface area contributed by atoms with E-state index in [2.05, 4.69) is 4.90 Å². The van der Waals surface area contributed by atoms with Gasteiger partial charge in [-0.1, -0.05) is 0 Å². The van der Waals surface area contributed by atoms with Gasteiger partial charge in [-0.2, -0.15) is 0 Å².